The number of rotatable bonds is 6. The van der Waals surface area contributed by atoms with Crippen LogP contribution in [0.25, 0.3) is 10.8 Å². The number of carbonyl (C=O) groups excluding carboxylic acids is 3. The van der Waals surface area contributed by atoms with E-state index in [1.165, 1.54) is 4.90 Å². The van der Waals surface area contributed by atoms with Crippen molar-refractivity contribution in [3.05, 3.63) is 82.9 Å². The van der Waals surface area contributed by atoms with Gasteiger partial charge in [-0.3, -0.25) is 19.3 Å². The van der Waals surface area contributed by atoms with Gasteiger partial charge in [0.1, 0.15) is 0 Å². The molecule has 28 heavy (non-hydrogen) atoms. The highest BCUT2D eigenvalue weighted by molar-refractivity contribution is 6.28. The number of benzene rings is 3. The molecule has 1 heterocycles. The summed E-state index contributed by atoms with van der Waals surface area (Å²) >= 11 is 0. The van der Waals surface area contributed by atoms with Crippen LogP contribution in [0.1, 0.15) is 43.1 Å². The number of ether oxygens (including phenoxy) is 1. The standard InChI is InChI=1S/C23H19NO4/c1-28-14-6-13-24-22(26)18-10-5-9-16-17(11-12-19(20(16)18)23(24)27)21(25)15-7-3-2-4-8-15/h2-5,7-12H,6,13-14H2,1H3. The van der Waals surface area contributed by atoms with E-state index in [4.69, 9.17) is 4.74 Å². The van der Waals surface area contributed by atoms with E-state index in [1.54, 1.807) is 49.6 Å². The maximum absolute atomic E-state index is 13.0. The zero-order valence-corrected chi connectivity index (χ0v) is 15.5. The summed E-state index contributed by atoms with van der Waals surface area (Å²) in [4.78, 5) is 40.1. The van der Waals surface area contributed by atoms with Gasteiger partial charge in [0.15, 0.2) is 5.78 Å². The summed E-state index contributed by atoms with van der Waals surface area (Å²) in [5, 5.41) is 1.18. The second-order valence-electron chi connectivity index (χ2n) is 6.69. The molecule has 0 atom stereocenters. The summed E-state index contributed by atoms with van der Waals surface area (Å²) < 4.78 is 5.03. The largest absolute Gasteiger partial charge is 0.385 e. The fourth-order valence-corrected chi connectivity index (χ4v) is 3.66. The average Bonchev–Trinajstić information content (AvgIpc) is 2.74. The molecule has 5 nitrogen and oxygen atoms in total. The van der Waals surface area contributed by atoms with Crippen molar-refractivity contribution in [2.24, 2.45) is 0 Å². The number of hydrogen-bond donors (Lipinski definition) is 0. The van der Waals surface area contributed by atoms with Crippen molar-refractivity contribution in [1.82, 2.24) is 4.90 Å². The van der Waals surface area contributed by atoms with Gasteiger partial charge in [0.05, 0.1) is 0 Å². The minimum absolute atomic E-state index is 0.133. The predicted molar refractivity (Wildman–Crippen MR) is 106 cm³/mol. The van der Waals surface area contributed by atoms with E-state index in [-0.39, 0.29) is 17.6 Å². The summed E-state index contributed by atoms with van der Waals surface area (Å²) in [5.74, 6) is -0.793. The maximum atomic E-state index is 13.0. The predicted octanol–water partition coefficient (Wildman–Crippen LogP) is 3.70. The molecule has 1 aliphatic heterocycles. The van der Waals surface area contributed by atoms with Crippen LogP contribution >= 0.6 is 0 Å². The van der Waals surface area contributed by atoms with Gasteiger partial charge in [-0.15, -0.1) is 0 Å². The number of nitrogens with zero attached hydrogens (tertiary/aromatic N) is 1. The third-order valence-corrected chi connectivity index (χ3v) is 5.00. The Hall–Kier alpha value is -3.31. The van der Waals surface area contributed by atoms with Crippen LogP contribution in [0.5, 0.6) is 0 Å². The third kappa shape index (κ3) is 2.90. The zero-order chi connectivity index (χ0) is 19.7. The molecule has 0 N–H and O–H groups in total. The number of ketones is 1. The molecular formula is C23H19NO4. The summed E-state index contributed by atoms with van der Waals surface area (Å²) in [7, 11) is 1.58. The molecule has 5 heteroatoms. The molecule has 0 aromatic heterocycles. The number of carbonyl (C=O) groups is 3. The SMILES string of the molecule is COCCCN1C(=O)c2cccc3c(C(=O)c4ccccc4)ccc(c23)C1=O. The van der Waals surface area contributed by atoms with Crippen LogP contribution < -0.4 is 0 Å². The van der Waals surface area contributed by atoms with Gasteiger partial charge in [0.2, 0.25) is 0 Å². The molecule has 0 unspecified atom stereocenters. The van der Waals surface area contributed by atoms with E-state index < -0.39 is 0 Å². The Bertz CT molecular complexity index is 1070. The molecule has 2 amide bonds. The van der Waals surface area contributed by atoms with Crippen molar-refractivity contribution in [3.63, 3.8) is 0 Å². The van der Waals surface area contributed by atoms with Gasteiger partial charge in [-0.2, -0.15) is 0 Å². The molecule has 0 radical (unpaired) electrons. The molecule has 0 saturated carbocycles. The van der Waals surface area contributed by atoms with Gasteiger partial charge in [-0.1, -0.05) is 42.5 Å². The molecule has 3 aromatic carbocycles. The number of hydrogen-bond acceptors (Lipinski definition) is 4. The molecule has 0 spiro atoms. The molecule has 3 aromatic rings. The van der Waals surface area contributed by atoms with Crippen molar-refractivity contribution >= 4 is 28.4 Å². The van der Waals surface area contributed by atoms with Crippen molar-refractivity contribution in [1.29, 1.82) is 0 Å². The summed E-state index contributed by atoms with van der Waals surface area (Å²) in [6, 6.07) is 17.6. The second kappa shape index (κ2) is 7.37. The van der Waals surface area contributed by atoms with E-state index in [2.05, 4.69) is 0 Å². The first kappa shape index (κ1) is 18.1. The van der Waals surface area contributed by atoms with Crippen molar-refractivity contribution < 1.29 is 19.1 Å². The van der Waals surface area contributed by atoms with Gasteiger partial charge in [-0.05, 0) is 30.0 Å². The second-order valence-corrected chi connectivity index (χ2v) is 6.69. The lowest BCUT2D eigenvalue weighted by atomic mass is 9.89. The zero-order valence-electron chi connectivity index (χ0n) is 15.5. The van der Waals surface area contributed by atoms with Gasteiger partial charge in [0, 0.05) is 47.9 Å². The van der Waals surface area contributed by atoms with Crippen LogP contribution in [0, 0.1) is 0 Å². The first-order valence-electron chi connectivity index (χ1n) is 9.14. The quantitative estimate of drug-likeness (QED) is 0.375. The van der Waals surface area contributed by atoms with Crippen LogP contribution in [-0.4, -0.2) is 42.8 Å². The third-order valence-electron chi connectivity index (χ3n) is 5.00. The number of amides is 2. The normalized spacial score (nSPS) is 13.2. The van der Waals surface area contributed by atoms with Gasteiger partial charge in [-0.25, -0.2) is 0 Å². The number of imide groups is 1. The van der Waals surface area contributed by atoms with Crippen LogP contribution in [0.3, 0.4) is 0 Å². The van der Waals surface area contributed by atoms with E-state index in [0.717, 1.165) is 0 Å². The fourth-order valence-electron chi connectivity index (χ4n) is 3.66. The Labute approximate surface area is 162 Å². The minimum Gasteiger partial charge on any atom is -0.385 e. The first-order valence-corrected chi connectivity index (χ1v) is 9.14. The Balaban J connectivity index is 1.83. The summed E-state index contributed by atoms with van der Waals surface area (Å²) in [6.45, 7) is 0.769. The van der Waals surface area contributed by atoms with Crippen LogP contribution in [-0.2, 0) is 4.74 Å². The Morgan fingerprint density at radius 1 is 0.893 bits per heavy atom. The van der Waals surface area contributed by atoms with Crippen molar-refractivity contribution in [2.45, 2.75) is 6.42 Å². The lowest BCUT2D eigenvalue weighted by Gasteiger charge is -2.27. The molecule has 1 aliphatic rings. The molecule has 0 aliphatic carbocycles. The van der Waals surface area contributed by atoms with Gasteiger partial charge >= 0.3 is 0 Å². The summed E-state index contributed by atoms with van der Waals surface area (Å²) in [6.07, 6.45) is 0.573. The average molecular weight is 373 g/mol. The fraction of sp³-hybridized carbons (Fsp3) is 0.174. The molecule has 0 fully saturated rings. The topological polar surface area (TPSA) is 63.7 Å². The maximum Gasteiger partial charge on any atom is 0.261 e. The molecule has 0 bridgehead atoms. The van der Waals surface area contributed by atoms with Crippen LogP contribution in [0.2, 0.25) is 0 Å². The highest BCUT2D eigenvalue weighted by Crippen LogP contribution is 2.33. The summed E-state index contributed by atoms with van der Waals surface area (Å²) in [5.41, 5.74) is 1.96. The molecule has 140 valence electrons. The van der Waals surface area contributed by atoms with Crippen molar-refractivity contribution in [2.75, 3.05) is 20.3 Å². The lowest BCUT2D eigenvalue weighted by Crippen LogP contribution is -2.41. The Morgan fingerprint density at radius 3 is 2.32 bits per heavy atom. The van der Waals surface area contributed by atoms with E-state index >= 15 is 0 Å². The lowest BCUT2D eigenvalue weighted by molar-refractivity contribution is 0.0594. The molecular weight excluding hydrogens is 354 g/mol. The highest BCUT2D eigenvalue weighted by atomic mass is 16.5. The smallest absolute Gasteiger partial charge is 0.261 e. The van der Waals surface area contributed by atoms with Gasteiger partial charge < -0.3 is 4.74 Å². The van der Waals surface area contributed by atoms with E-state index in [1.807, 2.05) is 18.2 Å². The highest BCUT2D eigenvalue weighted by Gasteiger charge is 2.33. The van der Waals surface area contributed by atoms with Crippen molar-refractivity contribution in [3.8, 4) is 0 Å². The minimum atomic E-state index is -0.330. The number of methoxy groups -OCH3 is 1. The molecule has 0 saturated heterocycles. The van der Waals surface area contributed by atoms with Gasteiger partial charge in [0.25, 0.3) is 11.8 Å². The molecule has 4 rings (SSSR count). The van der Waals surface area contributed by atoms with E-state index in [0.29, 0.717) is 52.6 Å². The Morgan fingerprint density at radius 2 is 1.61 bits per heavy atom. The van der Waals surface area contributed by atoms with E-state index in [9.17, 15) is 14.4 Å². The van der Waals surface area contributed by atoms with Crippen LogP contribution in [0.15, 0.2) is 60.7 Å². The first-order chi connectivity index (χ1) is 13.6. The Kier molecular flexibility index (Phi) is 4.75. The monoisotopic (exact) mass is 373 g/mol. The van der Waals surface area contributed by atoms with Crippen LogP contribution in [0.4, 0.5) is 0 Å².